The highest BCUT2D eigenvalue weighted by atomic mass is 32.2. The van der Waals surface area contributed by atoms with Gasteiger partial charge in [-0.25, -0.2) is 9.18 Å². The number of piperidine rings is 1. The number of hydrogen-bond donors (Lipinski definition) is 2. The van der Waals surface area contributed by atoms with E-state index in [2.05, 4.69) is 4.72 Å². The standard InChI is InChI=1S/C14H17FN2O4S/c1-8-4-11(15)13(14(18)19)12(5-8)16-22(20,21)17-7-9-2-3-10(17)6-9/h4-5,9-10,16H,2-3,6-7H2,1H3,(H,18,19). The molecule has 0 amide bonds. The molecule has 2 unspecified atom stereocenters. The number of carboxylic acids is 1. The number of carboxylic acid groups (broad SMARTS) is 1. The molecule has 8 heteroatoms. The lowest BCUT2D eigenvalue weighted by molar-refractivity contribution is 0.0693. The molecule has 1 aliphatic heterocycles. The second-order valence-corrected chi connectivity index (χ2v) is 7.61. The van der Waals surface area contributed by atoms with Gasteiger partial charge in [0.2, 0.25) is 0 Å². The van der Waals surface area contributed by atoms with Crippen molar-refractivity contribution in [2.45, 2.75) is 32.2 Å². The molecule has 2 bridgehead atoms. The van der Waals surface area contributed by atoms with Crippen molar-refractivity contribution >= 4 is 21.9 Å². The minimum absolute atomic E-state index is 0.0366. The van der Waals surface area contributed by atoms with Gasteiger partial charge >= 0.3 is 16.2 Å². The Balaban J connectivity index is 1.94. The number of rotatable bonds is 4. The van der Waals surface area contributed by atoms with Crippen LogP contribution in [0.15, 0.2) is 12.1 Å². The lowest BCUT2D eigenvalue weighted by Crippen LogP contribution is -2.41. The molecule has 0 spiro atoms. The summed E-state index contributed by atoms with van der Waals surface area (Å²) >= 11 is 0. The van der Waals surface area contributed by atoms with Crippen LogP contribution in [0, 0.1) is 18.7 Å². The third-order valence-corrected chi connectivity index (χ3v) is 5.90. The molecule has 2 atom stereocenters. The summed E-state index contributed by atoms with van der Waals surface area (Å²) < 4.78 is 42.4. The van der Waals surface area contributed by atoms with Gasteiger partial charge in [0, 0.05) is 12.6 Å². The molecule has 3 rings (SSSR count). The smallest absolute Gasteiger partial charge is 0.340 e. The van der Waals surface area contributed by atoms with Gasteiger partial charge in [-0.1, -0.05) is 0 Å². The molecule has 1 saturated carbocycles. The fraction of sp³-hybridized carbons (Fsp3) is 0.500. The van der Waals surface area contributed by atoms with Gasteiger partial charge in [0.05, 0.1) is 5.69 Å². The second kappa shape index (κ2) is 5.20. The zero-order valence-corrected chi connectivity index (χ0v) is 12.9. The van der Waals surface area contributed by atoms with Crippen LogP contribution in [-0.4, -0.2) is 36.4 Å². The zero-order valence-electron chi connectivity index (χ0n) is 12.0. The largest absolute Gasteiger partial charge is 0.478 e. The lowest BCUT2D eigenvalue weighted by Gasteiger charge is -2.26. The van der Waals surface area contributed by atoms with Crippen molar-refractivity contribution in [2.24, 2.45) is 5.92 Å². The number of fused-ring (bicyclic) bond motifs is 2. The van der Waals surface area contributed by atoms with E-state index in [0.29, 0.717) is 18.0 Å². The van der Waals surface area contributed by atoms with Crippen molar-refractivity contribution in [3.05, 3.63) is 29.1 Å². The van der Waals surface area contributed by atoms with Crippen LogP contribution in [0.5, 0.6) is 0 Å². The summed E-state index contributed by atoms with van der Waals surface area (Å²) in [5, 5.41) is 9.12. The van der Waals surface area contributed by atoms with Gasteiger partial charge in [0.15, 0.2) is 0 Å². The monoisotopic (exact) mass is 328 g/mol. The normalized spacial score (nSPS) is 24.6. The molecule has 6 nitrogen and oxygen atoms in total. The highest BCUT2D eigenvalue weighted by Crippen LogP contribution is 2.39. The maximum atomic E-state index is 13.8. The first-order valence-electron chi connectivity index (χ1n) is 7.11. The number of halogens is 1. The molecular weight excluding hydrogens is 311 g/mol. The van der Waals surface area contributed by atoms with Crippen molar-refractivity contribution in [3.8, 4) is 0 Å². The number of nitrogens with one attached hydrogen (secondary N) is 1. The predicted molar refractivity (Wildman–Crippen MR) is 78.5 cm³/mol. The van der Waals surface area contributed by atoms with Crippen LogP contribution in [0.4, 0.5) is 10.1 Å². The van der Waals surface area contributed by atoms with E-state index in [-0.39, 0.29) is 11.7 Å². The first-order valence-corrected chi connectivity index (χ1v) is 8.55. The van der Waals surface area contributed by atoms with Crippen molar-refractivity contribution in [3.63, 3.8) is 0 Å². The Morgan fingerprint density at radius 1 is 1.41 bits per heavy atom. The molecule has 1 aliphatic carbocycles. The Morgan fingerprint density at radius 3 is 2.68 bits per heavy atom. The molecule has 2 fully saturated rings. The summed E-state index contributed by atoms with van der Waals surface area (Å²) in [6, 6.07) is 2.36. The Hall–Kier alpha value is -1.67. The van der Waals surface area contributed by atoms with Crippen LogP contribution in [0.25, 0.3) is 0 Å². The summed E-state index contributed by atoms with van der Waals surface area (Å²) in [5.74, 6) is -2.08. The van der Waals surface area contributed by atoms with E-state index in [1.807, 2.05) is 0 Å². The summed E-state index contributed by atoms with van der Waals surface area (Å²) in [5.41, 5.74) is -0.436. The number of carbonyl (C=O) groups is 1. The quantitative estimate of drug-likeness (QED) is 0.885. The van der Waals surface area contributed by atoms with E-state index in [0.717, 1.165) is 25.3 Å². The van der Waals surface area contributed by atoms with Crippen molar-refractivity contribution < 1.29 is 22.7 Å². The topological polar surface area (TPSA) is 86.7 Å². The molecule has 0 aromatic heterocycles. The summed E-state index contributed by atoms with van der Waals surface area (Å²) in [4.78, 5) is 11.2. The van der Waals surface area contributed by atoms with E-state index in [1.54, 1.807) is 6.92 Å². The van der Waals surface area contributed by atoms with Gasteiger partial charge < -0.3 is 5.11 Å². The number of anilines is 1. The second-order valence-electron chi connectivity index (χ2n) is 5.98. The van der Waals surface area contributed by atoms with Crippen LogP contribution in [0.2, 0.25) is 0 Å². The van der Waals surface area contributed by atoms with Gasteiger partial charge in [-0.05, 0) is 49.8 Å². The SMILES string of the molecule is Cc1cc(F)c(C(=O)O)c(NS(=O)(=O)N2CC3CCC2C3)c1. The Morgan fingerprint density at radius 2 is 2.14 bits per heavy atom. The lowest BCUT2D eigenvalue weighted by atomic mass is 10.1. The molecule has 1 saturated heterocycles. The molecule has 1 heterocycles. The van der Waals surface area contributed by atoms with Crippen LogP contribution in [-0.2, 0) is 10.2 Å². The fourth-order valence-electron chi connectivity index (χ4n) is 3.41. The third kappa shape index (κ3) is 2.56. The van der Waals surface area contributed by atoms with Crippen molar-refractivity contribution in [1.82, 2.24) is 4.31 Å². The first kappa shape index (κ1) is 15.2. The Labute approximate surface area is 128 Å². The molecule has 1 aromatic rings. The number of hydrogen-bond acceptors (Lipinski definition) is 3. The van der Waals surface area contributed by atoms with E-state index < -0.39 is 27.6 Å². The highest BCUT2D eigenvalue weighted by Gasteiger charge is 2.44. The van der Waals surface area contributed by atoms with Gasteiger partial charge in [-0.3, -0.25) is 4.72 Å². The average molecular weight is 328 g/mol. The van der Waals surface area contributed by atoms with Crippen molar-refractivity contribution in [2.75, 3.05) is 11.3 Å². The minimum atomic E-state index is -3.88. The highest BCUT2D eigenvalue weighted by molar-refractivity contribution is 7.90. The van der Waals surface area contributed by atoms with Crippen LogP contribution in [0.1, 0.15) is 35.2 Å². The molecule has 0 radical (unpaired) electrons. The van der Waals surface area contributed by atoms with Gasteiger partial charge in [-0.2, -0.15) is 12.7 Å². The van der Waals surface area contributed by atoms with Crippen LogP contribution < -0.4 is 4.72 Å². The number of aryl methyl sites for hydroxylation is 1. The van der Waals surface area contributed by atoms with Gasteiger partial charge in [-0.15, -0.1) is 0 Å². The molecule has 2 N–H and O–H groups in total. The molecule has 120 valence electrons. The molecule has 1 aromatic carbocycles. The number of nitrogens with zero attached hydrogens (tertiary/aromatic N) is 1. The Bertz CT molecular complexity index is 735. The maximum absolute atomic E-state index is 13.8. The third-order valence-electron chi connectivity index (χ3n) is 4.36. The molecule has 2 aliphatic rings. The fourth-order valence-corrected chi connectivity index (χ4v) is 4.96. The zero-order chi connectivity index (χ0) is 16.1. The van der Waals surface area contributed by atoms with E-state index in [4.69, 9.17) is 5.11 Å². The number of aromatic carboxylic acids is 1. The van der Waals surface area contributed by atoms with Crippen LogP contribution >= 0.6 is 0 Å². The summed E-state index contributed by atoms with van der Waals surface area (Å²) in [7, 11) is -3.88. The summed E-state index contributed by atoms with van der Waals surface area (Å²) in [6.07, 6.45) is 2.69. The summed E-state index contributed by atoms with van der Waals surface area (Å²) in [6.45, 7) is 2.01. The van der Waals surface area contributed by atoms with E-state index in [1.165, 1.54) is 10.4 Å². The molecular formula is C14H17FN2O4S. The van der Waals surface area contributed by atoms with E-state index >= 15 is 0 Å². The molecule has 22 heavy (non-hydrogen) atoms. The van der Waals surface area contributed by atoms with Gasteiger partial charge in [0.25, 0.3) is 0 Å². The Kier molecular flexibility index (Phi) is 3.60. The average Bonchev–Trinajstić information content (AvgIpc) is 2.98. The maximum Gasteiger partial charge on any atom is 0.340 e. The van der Waals surface area contributed by atoms with Gasteiger partial charge in [0.1, 0.15) is 11.4 Å². The van der Waals surface area contributed by atoms with E-state index in [9.17, 15) is 17.6 Å². The minimum Gasteiger partial charge on any atom is -0.478 e. The predicted octanol–water partition coefficient (Wildman–Crippen LogP) is 1.97. The first-order chi connectivity index (χ1) is 10.3. The van der Waals surface area contributed by atoms with Crippen LogP contribution in [0.3, 0.4) is 0 Å². The van der Waals surface area contributed by atoms with Crippen molar-refractivity contribution in [1.29, 1.82) is 0 Å². The number of benzene rings is 1.